The van der Waals surface area contributed by atoms with Gasteiger partial charge >= 0.3 is 0 Å². The number of para-hydroxylation sites is 3. The molecule has 0 radical (unpaired) electrons. The number of benzene rings is 4. The van der Waals surface area contributed by atoms with Gasteiger partial charge in [-0.3, -0.25) is 0 Å². The summed E-state index contributed by atoms with van der Waals surface area (Å²) in [6.07, 6.45) is 0. The first-order chi connectivity index (χ1) is 13.3. The van der Waals surface area contributed by atoms with Crippen LogP contribution in [-0.2, 0) is 0 Å². The van der Waals surface area contributed by atoms with E-state index in [0.29, 0.717) is 0 Å². The summed E-state index contributed by atoms with van der Waals surface area (Å²) >= 11 is 3.66. The molecule has 5 aromatic rings. The van der Waals surface area contributed by atoms with E-state index in [0.717, 1.165) is 4.47 Å². The van der Waals surface area contributed by atoms with Crippen LogP contribution in [0.2, 0.25) is 0 Å². The van der Waals surface area contributed by atoms with Crippen molar-refractivity contribution in [1.29, 1.82) is 0 Å². The topological polar surface area (TPSA) is 4.93 Å². The molecule has 0 saturated heterocycles. The summed E-state index contributed by atoms with van der Waals surface area (Å²) in [5.74, 6) is 0. The summed E-state index contributed by atoms with van der Waals surface area (Å²) < 4.78 is 3.57. The van der Waals surface area contributed by atoms with Crippen LogP contribution in [0.1, 0.15) is 0 Å². The molecule has 4 aromatic carbocycles. The molecule has 2 heterocycles. The Morgan fingerprint density at radius 2 is 1.41 bits per heavy atom. The summed E-state index contributed by atoms with van der Waals surface area (Å²) in [5.41, 5.74) is 7.95. The van der Waals surface area contributed by atoms with Gasteiger partial charge < -0.3 is 4.57 Å². The molecule has 0 amide bonds. The molecule has 1 aliphatic rings. The zero-order valence-corrected chi connectivity index (χ0v) is 16.1. The van der Waals surface area contributed by atoms with Crippen molar-refractivity contribution in [3.05, 3.63) is 95.5 Å². The third-order valence-corrected chi connectivity index (χ3v) is 6.20. The van der Waals surface area contributed by atoms with E-state index in [1.165, 1.54) is 43.9 Å². The number of fused-ring (bicyclic) bond motifs is 5. The van der Waals surface area contributed by atoms with Gasteiger partial charge in [-0.15, -0.1) is 0 Å². The van der Waals surface area contributed by atoms with Crippen molar-refractivity contribution in [2.45, 2.75) is 0 Å². The number of hydrogen-bond donors (Lipinski definition) is 0. The third kappa shape index (κ3) is 2.06. The van der Waals surface area contributed by atoms with Gasteiger partial charge in [0.25, 0.3) is 0 Å². The Bertz CT molecular complexity index is 1350. The molecule has 3 heteroatoms. The highest BCUT2D eigenvalue weighted by atomic mass is 79.9. The normalized spacial score (nSPS) is 12.6. The Morgan fingerprint density at radius 1 is 0.667 bits per heavy atom. The maximum atomic E-state index is 3.66. The van der Waals surface area contributed by atoms with Crippen LogP contribution in [0.4, 0.5) is 0 Å². The summed E-state index contributed by atoms with van der Waals surface area (Å²) in [4.78, 5) is 0. The molecule has 1 nitrogen and oxygen atoms in total. The standard InChI is InChI=1S/C24H15BBrN/c26-17-8-5-7-16(15-17)25-20-11-2-4-14-23(20)27-22-13-3-1-9-18(22)19-10-6-12-21(25)24(19)27/h1-15H. The van der Waals surface area contributed by atoms with Crippen molar-refractivity contribution in [3.8, 4) is 5.69 Å². The number of rotatable bonds is 1. The first-order valence-corrected chi connectivity index (χ1v) is 9.99. The van der Waals surface area contributed by atoms with Crippen molar-refractivity contribution in [2.24, 2.45) is 0 Å². The van der Waals surface area contributed by atoms with E-state index in [1.807, 2.05) is 0 Å². The molecule has 0 bridgehead atoms. The Labute approximate surface area is 166 Å². The minimum absolute atomic E-state index is 0.235. The molecule has 0 unspecified atom stereocenters. The molecule has 0 spiro atoms. The van der Waals surface area contributed by atoms with Crippen LogP contribution in [0, 0.1) is 0 Å². The van der Waals surface area contributed by atoms with E-state index in [1.54, 1.807) is 0 Å². The van der Waals surface area contributed by atoms with E-state index in [9.17, 15) is 0 Å². The van der Waals surface area contributed by atoms with E-state index >= 15 is 0 Å². The van der Waals surface area contributed by atoms with Crippen LogP contribution in [0.3, 0.4) is 0 Å². The van der Waals surface area contributed by atoms with Crippen molar-refractivity contribution in [2.75, 3.05) is 0 Å². The lowest BCUT2D eigenvalue weighted by Crippen LogP contribution is -2.55. The maximum absolute atomic E-state index is 3.66. The van der Waals surface area contributed by atoms with Crippen molar-refractivity contribution < 1.29 is 0 Å². The second-order valence-electron chi connectivity index (χ2n) is 7.14. The largest absolute Gasteiger partial charge is 0.310 e. The van der Waals surface area contributed by atoms with E-state index in [2.05, 4.69) is 111 Å². The SMILES string of the molecule is Brc1cccc(B2c3ccccc3-n3c4ccccc4c4cccc2c43)c1. The van der Waals surface area contributed by atoms with E-state index < -0.39 is 0 Å². The highest BCUT2D eigenvalue weighted by molar-refractivity contribution is 9.10. The van der Waals surface area contributed by atoms with Gasteiger partial charge in [0.15, 0.2) is 0 Å². The Balaban J connectivity index is 1.83. The molecule has 126 valence electrons. The Kier molecular flexibility index (Phi) is 3.18. The second-order valence-corrected chi connectivity index (χ2v) is 8.06. The molecule has 0 N–H and O–H groups in total. The molecule has 0 atom stereocenters. The average molecular weight is 408 g/mol. The molecule has 27 heavy (non-hydrogen) atoms. The zero-order chi connectivity index (χ0) is 18.0. The monoisotopic (exact) mass is 407 g/mol. The Morgan fingerprint density at radius 3 is 2.33 bits per heavy atom. The predicted octanol–water partition coefficient (Wildman–Crippen LogP) is 4.38. The lowest BCUT2D eigenvalue weighted by Gasteiger charge is -2.27. The maximum Gasteiger partial charge on any atom is 0.246 e. The number of aromatic nitrogens is 1. The molecular formula is C24H15BBrN. The van der Waals surface area contributed by atoms with Gasteiger partial charge in [-0.25, -0.2) is 0 Å². The molecule has 0 saturated carbocycles. The summed E-state index contributed by atoms with van der Waals surface area (Å²) in [6, 6.07) is 33.0. The van der Waals surface area contributed by atoms with E-state index in [-0.39, 0.29) is 6.71 Å². The van der Waals surface area contributed by atoms with Gasteiger partial charge in [0.2, 0.25) is 6.71 Å². The van der Waals surface area contributed by atoms with Crippen LogP contribution in [-0.4, -0.2) is 11.3 Å². The van der Waals surface area contributed by atoms with Crippen LogP contribution in [0.15, 0.2) is 95.5 Å². The molecule has 6 rings (SSSR count). The molecular weight excluding hydrogens is 393 g/mol. The fourth-order valence-electron chi connectivity index (χ4n) is 4.68. The van der Waals surface area contributed by atoms with Gasteiger partial charge in [0, 0.05) is 26.4 Å². The third-order valence-electron chi connectivity index (χ3n) is 5.71. The quantitative estimate of drug-likeness (QED) is 0.356. The predicted molar refractivity (Wildman–Crippen MR) is 120 cm³/mol. The minimum Gasteiger partial charge on any atom is -0.310 e. The van der Waals surface area contributed by atoms with Gasteiger partial charge in [-0.05, 0) is 29.1 Å². The molecule has 0 aliphatic carbocycles. The first kappa shape index (κ1) is 15.3. The Hall–Kier alpha value is -2.78. The number of nitrogens with zero attached hydrogens (tertiary/aromatic N) is 1. The summed E-state index contributed by atoms with van der Waals surface area (Å²) in [7, 11) is 0. The van der Waals surface area contributed by atoms with Crippen molar-refractivity contribution in [1.82, 2.24) is 4.57 Å². The second kappa shape index (κ2) is 5.61. The fraction of sp³-hybridized carbons (Fsp3) is 0. The van der Waals surface area contributed by atoms with Gasteiger partial charge in [-0.2, -0.15) is 0 Å². The van der Waals surface area contributed by atoms with Crippen LogP contribution < -0.4 is 16.4 Å². The highest BCUT2D eigenvalue weighted by Gasteiger charge is 2.32. The van der Waals surface area contributed by atoms with E-state index in [4.69, 9.17) is 0 Å². The summed E-state index contributed by atoms with van der Waals surface area (Å²) in [6.45, 7) is 0.235. The van der Waals surface area contributed by atoms with Crippen LogP contribution >= 0.6 is 15.9 Å². The molecule has 1 aromatic heterocycles. The lowest BCUT2D eigenvalue weighted by atomic mass is 9.35. The van der Waals surface area contributed by atoms with Crippen molar-refractivity contribution >= 4 is 60.8 Å². The van der Waals surface area contributed by atoms with Crippen molar-refractivity contribution in [3.63, 3.8) is 0 Å². The number of halogens is 1. The zero-order valence-electron chi connectivity index (χ0n) is 14.6. The highest BCUT2D eigenvalue weighted by Crippen LogP contribution is 2.32. The number of hydrogen-bond acceptors (Lipinski definition) is 0. The van der Waals surface area contributed by atoms with Gasteiger partial charge in [0.1, 0.15) is 0 Å². The minimum atomic E-state index is 0.235. The summed E-state index contributed by atoms with van der Waals surface area (Å²) in [5, 5.41) is 2.65. The average Bonchev–Trinajstić information content (AvgIpc) is 3.05. The van der Waals surface area contributed by atoms with Gasteiger partial charge in [0.05, 0.1) is 5.52 Å². The molecule has 0 fully saturated rings. The van der Waals surface area contributed by atoms with Crippen LogP contribution in [0.25, 0.3) is 27.5 Å². The van der Waals surface area contributed by atoms with Gasteiger partial charge in [-0.1, -0.05) is 94.2 Å². The van der Waals surface area contributed by atoms with Crippen LogP contribution in [0.5, 0.6) is 0 Å². The lowest BCUT2D eigenvalue weighted by molar-refractivity contribution is 1.19. The fourth-order valence-corrected chi connectivity index (χ4v) is 5.09. The first-order valence-electron chi connectivity index (χ1n) is 9.20. The smallest absolute Gasteiger partial charge is 0.246 e. The molecule has 1 aliphatic heterocycles.